The minimum Gasteiger partial charge on any atom is -0.496 e. The van der Waals surface area contributed by atoms with E-state index in [1.54, 1.807) is 14.0 Å². The van der Waals surface area contributed by atoms with Gasteiger partial charge in [-0.15, -0.1) is 0 Å². The molecule has 0 aromatic heterocycles. The molecule has 0 fully saturated rings. The molecular formula is C14H20N2O4. The van der Waals surface area contributed by atoms with Gasteiger partial charge in [0.1, 0.15) is 5.75 Å². The number of ether oxygens (including phenoxy) is 1. The van der Waals surface area contributed by atoms with Crippen LogP contribution in [0.4, 0.5) is 4.79 Å². The van der Waals surface area contributed by atoms with Crippen molar-refractivity contribution >= 4 is 12.0 Å². The van der Waals surface area contributed by atoms with E-state index in [1.807, 2.05) is 24.3 Å². The first-order valence-electron chi connectivity index (χ1n) is 6.41. The Balaban J connectivity index is 2.33. The Labute approximate surface area is 118 Å². The summed E-state index contributed by atoms with van der Waals surface area (Å²) in [4.78, 5) is 22.0. The molecule has 0 radical (unpaired) electrons. The Morgan fingerprint density at radius 3 is 2.70 bits per heavy atom. The predicted octanol–water partition coefficient (Wildman–Crippen LogP) is 1.40. The van der Waals surface area contributed by atoms with Gasteiger partial charge in [0.15, 0.2) is 0 Å². The van der Waals surface area contributed by atoms with Gasteiger partial charge in [-0.05, 0) is 25.0 Å². The summed E-state index contributed by atoms with van der Waals surface area (Å²) >= 11 is 0. The quantitative estimate of drug-likeness (QED) is 0.704. The monoisotopic (exact) mass is 280 g/mol. The lowest BCUT2D eigenvalue weighted by molar-refractivity contribution is -0.137. The first-order chi connectivity index (χ1) is 9.52. The Hall–Kier alpha value is -2.24. The number of rotatable bonds is 7. The van der Waals surface area contributed by atoms with Crippen molar-refractivity contribution in [1.29, 1.82) is 0 Å². The van der Waals surface area contributed by atoms with E-state index >= 15 is 0 Å². The van der Waals surface area contributed by atoms with E-state index in [0.29, 0.717) is 13.0 Å². The lowest BCUT2D eigenvalue weighted by Crippen LogP contribution is -2.42. The SMILES string of the molecule is COc1ccccc1CCNC(=O)NC(C)CC(=O)O. The van der Waals surface area contributed by atoms with E-state index in [1.165, 1.54) is 0 Å². The maximum atomic E-state index is 11.5. The predicted molar refractivity (Wildman–Crippen MR) is 74.9 cm³/mol. The first kappa shape index (κ1) is 15.8. The number of hydrogen-bond acceptors (Lipinski definition) is 3. The van der Waals surface area contributed by atoms with E-state index < -0.39 is 12.0 Å². The second kappa shape index (κ2) is 8.04. The Morgan fingerprint density at radius 1 is 1.35 bits per heavy atom. The van der Waals surface area contributed by atoms with Gasteiger partial charge < -0.3 is 20.5 Å². The number of nitrogens with one attached hydrogen (secondary N) is 2. The van der Waals surface area contributed by atoms with Crippen LogP contribution in [0.15, 0.2) is 24.3 Å². The maximum absolute atomic E-state index is 11.5. The molecule has 0 aliphatic rings. The molecule has 1 aromatic rings. The van der Waals surface area contributed by atoms with Gasteiger partial charge in [-0.25, -0.2) is 4.79 Å². The van der Waals surface area contributed by atoms with Crippen LogP contribution in [-0.4, -0.2) is 36.8 Å². The maximum Gasteiger partial charge on any atom is 0.315 e. The van der Waals surface area contributed by atoms with E-state index in [9.17, 15) is 9.59 Å². The molecule has 2 amide bonds. The number of urea groups is 1. The van der Waals surface area contributed by atoms with Gasteiger partial charge in [0.2, 0.25) is 0 Å². The number of carboxylic acid groups (broad SMARTS) is 1. The molecule has 110 valence electrons. The number of para-hydroxylation sites is 1. The molecule has 1 unspecified atom stereocenters. The number of aliphatic carboxylic acids is 1. The molecule has 1 rings (SSSR count). The van der Waals surface area contributed by atoms with Crippen molar-refractivity contribution < 1.29 is 19.4 Å². The van der Waals surface area contributed by atoms with E-state index in [0.717, 1.165) is 11.3 Å². The number of carboxylic acids is 1. The summed E-state index contributed by atoms with van der Waals surface area (Å²) in [6.07, 6.45) is 0.546. The Kier molecular flexibility index (Phi) is 6.36. The van der Waals surface area contributed by atoms with Crippen molar-refractivity contribution in [3.63, 3.8) is 0 Å². The second-order valence-corrected chi connectivity index (χ2v) is 4.46. The van der Waals surface area contributed by atoms with Gasteiger partial charge in [0.05, 0.1) is 13.5 Å². The van der Waals surface area contributed by atoms with Gasteiger partial charge in [0.25, 0.3) is 0 Å². The topological polar surface area (TPSA) is 87.7 Å². The van der Waals surface area contributed by atoms with Crippen LogP contribution in [0.25, 0.3) is 0 Å². The number of carbonyl (C=O) groups is 2. The summed E-state index contributed by atoms with van der Waals surface area (Å²) in [5, 5.41) is 13.8. The fourth-order valence-corrected chi connectivity index (χ4v) is 1.81. The lowest BCUT2D eigenvalue weighted by atomic mass is 10.1. The minimum atomic E-state index is -0.938. The van der Waals surface area contributed by atoms with Crippen LogP contribution in [-0.2, 0) is 11.2 Å². The highest BCUT2D eigenvalue weighted by atomic mass is 16.5. The van der Waals surface area contributed by atoms with Crippen LogP contribution >= 0.6 is 0 Å². The third kappa shape index (κ3) is 5.60. The molecule has 1 aromatic carbocycles. The van der Waals surface area contributed by atoms with E-state index in [-0.39, 0.29) is 12.5 Å². The number of hydrogen-bond donors (Lipinski definition) is 3. The fraction of sp³-hybridized carbons (Fsp3) is 0.429. The van der Waals surface area contributed by atoms with Crippen molar-refractivity contribution in [1.82, 2.24) is 10.6 Å². The van der Waals surface area contributed by atoms with Crippen LogP contribution < -0.4 is 15.4 Å². The molecule has 20 heavy (non-hydrogen) atoms. The summed E-state index contributed by atoms with van der Waals surface area (Å²) < 4.78 is 5.22. The van der Waals surface area contributed by atoms with Gasteiger partial charge in [-0.2, -0.15) is 0 Å². The van der Waals surface area contributed by atoms with E-state index in [4.69, 9.17) is 9.84 Å². The number of carbonyl (C=O) groups excluding carboxylic acids is 1. The highest BCUT2D eigenvalue weighted by Gasteiger charge is 2.10. The van der Waals surface area contributed by atoms with E-state index in [2.05, 4.69) is 10.6 Å². The molecule has 0 aliphatic carbocycles. The average molecular weight is 280 g/mol. The van der Waals surface area contributed by atoms with Crippen LogP contribution in [0.5, 0.6) is 5.75 Å². The molecule has 1 atom stereocenters. The zero-order chi connectivity index (χ0) is 15.0. The van der Waals surface area contributed by atoms with Crippen molar-refractivity contribution in [2.24, 2.45) is 0 Å². The summed E-state index contributed by atoms with van der Waals surface area (Å²) in [7, 11) is 1.60. The smallest absolute Gasteiger partial charge is 0.315 e. The Morgan fingerprint density at radius 2 is 2.05 bits per heavy atom. The molecule has 3 N–H and O–H groups in total. The molecule has 0 spiro atoms. The van der Waals surface area contributed by atoms with Crippen molar-refractivity contribution in [2.45, 2.75) is 25.8 Å². The number of methoxy groups -OCH3 is 1. The molecule has 6 nitrogen and oxygen atoms in total. The van der Waals surface area contributed by atoms with Crippen molar-refractivity contribution in [2.75, 3.05) is 13.7 Å². The van der Waals surface area contributed by atoms with Crippen LogP contribution in [0.1, 0.15) is 18.9 Å². The first-order valence-corrected chi connectivity index (χ1v) is 6.41. The third-order valence-electron chi connectivity index (χ3n) is 2.73. The van der Waals surface area contributed by atoms with Gasteiger partial charge >= 0.3 is 12.0 Å². The van der Waals surface area contributed by atoms with Crippen molar-refractivity contribution in [3.05, 3.63) is 29.8 Å². The highest BCUT2D eigenvalue weighted by Crippen LogP contribution is 2.17. The summed E-state index contributed by atoms with van der Waals surface area (Å²) in [6, 6.07) is 6.83. The summed E-state index contributed by atoms with van der Waals surface area (Å²) in [6.45, 7) is 2.10. The fourth-order valence-electron chi connectivity index (χ4n) is 1.81. The minimum absolute atomic E-state index is 0.0973. The average Bonchev–Trinajstić information content (AvgIpc) is 2.38. The third-order valence-corrected chi connectivity index (χ3v) is 2.73. The standard InChI is InChI=1S/C14H20N2O4/c1-10(9-13(17)18)16-14(19)15-8-7-11-5-3-4-6-12(11)20-2/h3-6,10H,7-9H2,1-2H3,(H,17,18)(H2,15,16,19). The lowest BCUT2D eigenvalue weighted by Gasteiger charge is -2.13. The highest BCUT2D eigenvalue weighted by molar-refractivity contribution is 5.75. The zero-order valence-corrected chi connectivity index (χ0v) is 11.7. The number of benzene rings is 1. The molecular weight excluding hydrogens is 260 g/mol. The van der Waals surface area contributed by atoms with Crippen LogP contribution in [0, 0.1) is 0 Å². The molecule has 0 bridgehead atoms. The van der Waals surface area contributed by atoms with Gasteiger partial charge in [-0.3, -0.25) is 4.79 Å². The molecule has 0 saturated heterocycles. The zero-order valence-electron chi connectivity index (χ0n) is 11.7. The molecule has 0 aliphatic heterocycles. The largest absolute Gasteiger partial charge is 0.496 e. The Bertz CT molecular complexity index is 462. The number of amides is 2. The molecule has 0 saturated carbocycles. The second-order valence-electron chi connectivity index (χ2n) is 4.46. The molecule has 6 heteroatoms. The van der Waals surface area contributed by atoms with Gasteiger partial charge in [-0.1, -0.05) is 18.2 Å². The van der Waals surface area contributed by atoms with Gasteiger partial charge in [0, 0.05) is 12.6 Å². The van der Waals surface area contributed by atoms with Crippen LogP contribution in [0.2, 0.25) is 0 Å². The summed E-state index contributed by atoms with van der Waals surface area (Å²) in [5.74, 6) is -0.152. The van der Waals surface area contributed by atoms with Crippen LogP contribution in [0.3, 0.4) is 0 Å². The summed E-state index contributed by atoms with van der Waals surface area (Å²) in [5.41, 5.74) is 1.01. The van der Waals surface area contributed by atoms with Crippen molar-refractivity contribution in [3.8, 4) is 5.75 Å². The normalized spacial score (nSPS) is 11.5. The molecule has 0 heterocycles.